The van der Waals surface area contributed by atoms with E-state index in [-0.39, 0.29) is 17.5 Å². The second-order valence-corrected chi connectivity index (χ2v) is 5.30. The lowest BCUT2D eigenvalue weighted by atomic mass is 10.1. The van der Waals surface area contributed by atoms with Gasteiger partial charge in [0.1, 0.15) is 0 Å². The van der Waals surface area contributed by atoms with Gasteiger partial charge in [-0.05, 0) is 30.5 Å². The van der Waals surface area contributed by atoms with Crippen molar-refractivity contribution in [3.05, 3.63) is 64.1 Å². The monoisotopic (exact) mass is 283 g/mol. The molecule has 3 rings (SSSR count). The molecular formula is C16H17N3O2. The fourth-order valence-electron chi connectivity index (χ4n) is 2.32. The molecule has 1 aliphatic rings. The van der Waals surface area contributed by atoms with Gasteiger partial charge in [0.05, 0.1) is 5.56 Å². The Morgan fingerprint density at radius 1 is 1.24 bits per heavy atom. The highest BCUT2D eigenvalue weighted by atomic mass is 16.2. The first kappa shape index (κ1) is 13.4. The standard InChI is InChI=1S/C16H17N3O2/c17-14-4-2-1-3-12(14)10-19(13-6-7-13)16(21)11-5-8-15(20)18-9-11/h1-5,8-9,13H,6-7,10,17H2,(H,18,20). The predicted octanol–water partition coefficient (Wildman–Crippen LogP) is 1.76. The van der Waals surface area contributed by atoms with Crippen molar-refractivity contribution in [2.24, 2.45) is 0 Å². The number of nitrogens with one attached hydrogen (secondary N) is 1. The van der Waals surface area contributed by atoms with E-state index < -0.39 is 0 Å². The number of rotatable bonds is 4. The van der Waals surface area contributed by atoms with Crippen LogP contribution in [0.25, 0.3) is 0 Å². The van der Waals surface area contributed by atoms with Crippen LogP contribution >= 0.6 is 0 Å². The van der Waals surface area contributed by atoms with Gasteiger partial charge >= 0.3 is 0 Å². The molecule has 1 saturated carbocycles. The molecule has 0 unspecified atom stereocenters. The van der Waals surface area contributed by atoms with Gasteiger partial charge in [-0.1, -0.05) is 18.2 Å². The Bertz CT molecular complexity index is 699. The van der Waals surface area contributed by atoms with Crippen LogP contribution in [0, 0.1) is 0 Å². The van der Waals surface area contributed by atoms with Crippen molar-refractivity contribution in [1.82, 2.24) is 9.88 Å². The second-order valence-electron chi connectivity index (χ2n) is 5.30. The minimum Gasteiger partial charge on any atom is -0.398 e. The van der Waals surface area contributed by atoms with Crippen LogP contribution in [0.5, 0.6) is 0 Å². The van der Waals surface area contributed by atoms with Gasteiger partial charge in [-0.25, -0.2) is 0 Å². The highest BCUT2D eigenvalue weighted by Crippen LogP contribution is 2.30. The van der Waals surface area contributed by atoms with E-state index in [1.54, 1.807) is 6.07 Å². The maximum Gasteiger partial charge on any atom is 0.255 e. The molecule has 3 N–H and O–H groups in total. The van der Waals surface area contributed by atoms with Gasteiger partial charge in [-0.2, -0.15) is 0 Å². The maximum atomic E-state index is 12.6. The first-order chi connectivity index (χ1) is 10.1. The second kappa shape index (κ2) is 5.44. The molecule has 21 heavy (non-hydrogen) atoms. The summed E-state index contributed by atoms with van der Waals surface area (Å²) in [5.74, 6) is -0.0722. The number of pyridine rings is 1. The molecule has 1 amide bonds. The fourth-order valence-corrected chi connectivity index (χ4v) is 2.32. The summed E-state index contributed by atoms with van der Waals surface area (Å²) in [7, 11) is 0. The Morgan fingerprint density at radius 2 is 2.00 bits per heavy atom. The highest BCUT2D eigenvalue weighted by molar-refractivity contribution is 5.94. The van der Waals surface area contributed by atoms with Gasteiger partial charge in [-0.3, -0.25) is 9.59 Å². The van der Waals surface area contributed by atoms with E-state index in [1.807, 2.05) is 29.2 Å². The summed E-state index contributed by atoms with van der Waals surface area (Å²) in [6, 6.07) is 10.8. The number of H-pyrrole nitrogens is 1. The van der Waals surface area contributed by atoms with Gasteiger partial charge in [0.25, 0.3) is 5.91 Å². The van der Waals surface area contributed by atoms with Crippen LogP contribution in [0.2, 0.25) is 0 Å². The number of benzene rings is 1. The third kappa shape index (κ3) is 2.97. The number of aromatic nitrogens is 1. The van der Waals surface area contributed by atoms with Crippen molar-refractivity contribution in [1.29, 1.82) is 0 Å². The fraction of sp³-hybridized carbons (Fsp3) is 0.250. The number of para-hydroxylation sites is 1. The lowest BCUT2D eigenvalue weighted by Gasteiger charge is -2.23. The number of carbonyl (C=O) groups is 1. The van der Waals surface area contributed by atoms with Crippen molar-refractivity contribution >= 4 is 11.6 Å². The molecule has 0 bridgehead atoms. The number of nitrogens with zero attached hydrogens (tertiary/aromatic N) is 1. The summed E-state index contributed by atoms with van der Waals surface area (Å²) < 4.78 is 0. The minimum absolute atomic E-state index is 0.0722. The minimum atomic E-state index is -0.211. The van der Waals surface area contributed by atoms with Crippen LogP contribution in [-0.4, -0.2) is 21.8 Å². The van der Waals surface area contributed by atoms with E-state index in [0.29, 0.717) is 17.8 Å². The van der Waals surface area contributed by atoms with Crippen LogP contribution in [-0.2, 0) is 6.54 Å². The quantitative estimate of drug-likeness (QED) is 0.839. The number of nitrogen functional groups attached to an aromatic ring is 1. The molecule has 5 nitrogen and oxygen atoms in total. The normalized spacial score (nSPS) is 13.9. The molecule has 0 aliphatic heterocycles. The summed E-state index contributed by atoms with van der Waals surface area (Å²) >= 11 is 0. The Balaban J connectivity index is 1.85. The summed E-state index contributed by atoms with van der Waals surface area (Å²) in [5, 5.41) is 0. The molecule has 2 aromatic rings. The molecule has 0 atom stereocenters. The number of aromatic amines is 1. The Hall–Kier alpha value is -2.56. The van der Waals surface area contributed by atoms with Gasteiger partial charge in [0.15, 0.2) is 0 Å². The zero-order chi connectivity index (χ0) is 14.8. The molecular weight excluding hydrogens is 266 g/mol. The highest BCUT2D eigenvalue weighted by Gasteiger charge is 2.33. The maximum absolute atomic E-state index is 12.6. The molecule has 1 heterocycles. The Morgan fingerprint density at radius 3 is 2.62 bits per heavy atom. The summed E-state index contributed by atoms with van der Waals surface area (Å²) in [5.41, 5.74) is 7.89. The third-order valence-corrected chi connectivity index (χ3v) is 3.68. The smallest absolute Gasteiger partial charge is 0.255 e. The molecule has 1 aromatic heterocycles. The van der Waals surface area contributed by atoms with Crippen LogP contribution in [0.4, 0.5) is 5.69 Å². The number of hydrogen-bond donors (Lipinski definition) is 2. The molecule has 0 saturated heterocycles. The topological polar surface area (TPSA) is 79.2 Å². The van der Waals surface area contributed by atoms with Crippen LogP contribution in [0.1, 0.15) is 28.8 Å². The van der Waals surface area contributed by atoms with E-state index in [9.17, 15) is 9.59 Å². The molecule has 1 aromatic carbocycles. The van der Waals surface area contributed by atoms with E-state index in [2.05, 4.69) is 4.98 Å². The van der Waals surface area contributed by atoms with Gasteiger partial charge in [0.2, 0.25) is 5.56 Å². The zero-order valence-corrected chi connectivity index (χ0v) is 11.6. The molecule has 5 heteroatoms. The summed E-state index contributed by atoms with van der Waals surface area (Å²) in [6.07, 6.45) is 3.50. The molecule has 0 radical (unpaired) electrons. The van der Waals surface area contributed by atoms with Gasteiger partial charge < -0.3 is 15.6 Å². The molecule has 0 spiro atoms. The van der Waals surface area contributed by atoms with Gasteiger partial charge in [-0.15, -0.1) is 0 Å². The van der Waals surface area contributed by atoms with Crippen LogP contribution in [0.3, 0.4) is 0 Å². The first-order valence-electron chi connectivity index (χ1n) is 6.98. The predicted molar refractivity (Wildman–Crippen MR) is 80.8 cm³/mol. The lowest BCUT2D eigenvalue weighted by molar-refractivity contribution is 0.0730. The van der Waals surface area contributed by atoms with Crippen molar-refractivity contribution < 1.29 is 4.79 Å². The first-order valence-corrected chi connectivity index (χ1v) is 6.98. The molecule has 1 aliphatic carbocycles. The number of amides is 1. The van der Waals surface area contributed by atoms with E-state index in [1.165, 1.54) is 12.3 Å². The van der Waals surface area contributed by atoms with Crippen molar-refractivity contribution in [2.75, 3.05) is 5.73 Å². The number of anilines is 1. The third-order valence-electron chi connectivity index (χ3n) is 3.68. The Kier molecular flexibility index (Phi) is 3.48. The molecule has 108 valence electrons. The van der Waals surface area contributed by atoms with Crippen molar-refractivity contribution in [3.8, 4) is 0 Å². The van der Waals surface area contributed by atoms with Crippen LogP contribution in [0.15, 0.2) is 47.4 Å². The summed E-state index contributed by atoms with van der Waals surface area (Å²) in [6.45, 7) is 0.495. The largest absolute Gasteiger partial charge is 0.398 e. The number of nitrogens with two attached hydrogens (primary N) is 1. The average molecular weight is 283 g/mol. The summed E-state index contributed by atoms with van der Waals surface area (Å²) in [4.78, 5) is 28.1. The van der Waals surface area contributed by atoms with E-state index in [0.717, 1.165) is 18.4 Å². The van der Waals surface area contributed by atoms with Crippen molar-refractivity contribution in [2.45, 2.75) is 25.4 Å². The number of hydrogen-bond acceptors (Lipinski definition) is 3. The zero-order valence-electron chi connectivity index (χ0n) is 11.6. The SMILES string of the molecule is Nc1ccccc1CN(C(=O)c1ccc(=O)[nH]c1)C1CC1. The number of carbonyl (C=O) groups excluding carboxylic acids is 1. The van der Waals surface area contributed by atoms with E-state index in [4.69, 9.17) is 5.73 Å². The average Bonchev–Trinajstić information content (AvgIpc) is 3.31. The molecule has 1 fully saturated rings. The van der Waals surface area contributed by atoms with Gasteiger partial charge in [0, 0.05) is 30.5 Å². The van der Waals surface area contributed by atoms with Crippen LogP contribution < -0.4 is 11.3 Å². The van der Waals surface area contributed by atoms with E-state index >= 15 is 0 Å². The lowest BCUT2D eigenvalue weighted by Crippen LogP contribution is -2.33. The Labute approximate surface area is 122 Å². The van der Waals surface area contributed by atoms with Crippen molar-refractivity contribution in [3.63, 3.8) is 0 Å².